The second-order valence-corrected chi connectivity index (χ2v) is 16.3. The first-order valence-electron chi connectivity index (χ1n) is 13.4. The van der Waals surface area contributed by atoms with Crippen LogP contribution in [0, 0.1) is 20.8 Å². The highest BCUT2D eigenvalue weighted by molar-refractivity contribution is 6.91. The lowest BCUT2D eigenvalue weighted by Gasteiger charge is -2.36. The molecule has 4 aromatic rings. The zero-order valence-electron chi connectivity index (χ0n) is 22.4. The maximum atomic E-state index is 2.60. The van der Waals surface area contributed by atoms with E-state index in [9.17, 15) is 0 Å². The Labute approximate surface area is 212 Å². The number of pyridine rings is 1. The van der Waals surface area contributed by atoms with Gasteiger partial charge < -0.3 is 0 Å². The van der Waals surface area contributed by atoms with Crippen molar-refractivity contribution >= 4 is 24.0 Å². The number of hydrogen-bond acceptors (Lipinski definition) is 0. The van der Waals surface area contributed by atoms with E-state index >= 15 is 0 Å². The zero-order valence-corrected chi connectivity index (χ0v) is 23.4. The largest absolute Gasteiger partial charge is 0.220 e. The molecule has 0 atom stereocenters. The van der Waals surface area contributed by atoms with Gasteiger partial charge in [-0.15, -0.1) is 0 Å². The quantitative estimate of drug-likeness (QED) is 0.206. The van der Waals surface area contributed by atoms with Gasteiger partial charge in [0.15, 0.2) is 6.20 Å². The highest BCUT2D eigenvalue weighted by atomic mass is 28.3. The van der Waals surface area contributed by atoms with Gasteiger partial charge in [0.25, 0.3) is 0 Å². The minimum atomic E-state index is -1.48. The Kier molecular flexibility index (Phi) is 6.44. The van der Waals surface area contributed by atoms with Gasteiger partial charge in [0, 0.05) is 11.6 Å². The van der Waals surface area contributed by atoms with Crippen LogP contribution in [0.5, 0.6) is 0 Å². The van der Waals surface area contributed by atoms with E-state index in [4.69, 9.17) is 0 Å². The van der Waals surface area contributed by atoms with Gasteiger partial charge in [0.05, 0.1) is 13.5 Å². The molecule has 0 spiro atoms. The first-order valence-corrected chi connectivity index (χ1v) is 16.5. The van der Waals surface area contributed by atoms with Crippen molar-refractivity contribution in [3.8, 4) is 22.4 Å². The molecule has 1 heterocycles. The molecule has 3 aromatic carbocycles. The van der Waals surface area contributed by atoms with E-state index in [-0.39, 0.29) is 0 Å². The van der Waals surface area contributed by atoms with Gasteiger partial charge in [-0.05, 0) is 71.6 Å². The van der Waals surface area contributed by atoms with Crippen LogP contribution >= 0.6 is 0 Å². The third-order valence-electron chi connectivity index (χ3n) is 8.76. The van der Waals surface area contributed by atoms with E-state index in [0.29, 0.717) is 0 Å². The van der Waals surface area contributed by atoms with Crippen LogP contribution in [0.3, 0.4) is 0 Å². The summed E-state index contributed by atoms with van der Waals surface area (Å²) in [7, 11) is 0.703. The molecule has 1 aromatic heterocycles. The average molecular weight is 479 g/mol. The number of benzene rings is 3. The molecule has 2 heteroatoms. The van der Waals surface area contributed by atoms with Crippen molar-refractivity contribution < 1.29 is 4.57 Å². The summed E-state index contributed by atoms with van der Waals surface area (Å²) in [6, 6.07) is 23.3. The summed E-state index contributed by atoms with van der Waals surface area (Å²) in [5, 5.41) is 4.36. The average Bonchev–Trinajstić information content (AvgIpc) is 2.85. The Morgan fingerprint density at radius 2 is 1.49 bits per heavy atom. The number of rotatable bonds is 4. The molecular weight excluding hydrogens is 438 g/mol. The molecule has 0 saturated heterocycles. The molecule has 1 nitrogen and oxygen atoms in total. The van der Waals surface area contributed by atoms with Crippen molar-refractivity contribution in [1.29, 1.82) is 0 Å². The summed E-state index contributed by atoms with van der Waals surface area (Å²) < 4.78 is 2.30. The number of nitrogens with zero attached hydrogens (tertiary/aromatic N) is 1. The Morgan fingerprint density at radius 3 is 2.17 bits per heavy atom. The van der Waals surface area contributed by atoms with E-state index in [1.54, 1.807) is 5.19 Å². The van der Waals surface area contributed by atoms with Gasteiger partial charge in [-0.1, -0.05) is 92.8 Å². The molecule has 0 unspecified atom stereocenters. The lowest BCUT2D eigenvalue weighted by atomic mass is 9.92. The maximum Gasteiger partial charge on any atom is 0.220 e. The van der Waals surface area contributed by atoms with Gasteiger partial charge in [0.2, 0.25) is 5.69 Å². The van der Waals surface area contributed by atoms with Crippen molar-refractivity contribution in [1.82, 2.24) is 0 Å². The van der Waals surface area contributed by atoms with E-state index in [0.717, 1.165) is 5.54 Å². The molecule has 5 rings (SSSR count). The van der Waals surface area contributed by atoms with Crippen LogP contribution in [0.15, 0.2) is 66.9 Å². The van der Waals surface area contributed by atoms with E-state index in [1.165, 1.54) is 82.0 Å². The third-order valence-corrected chi connectivity index (χ3v) is 13.2. The number of hydrogen-bond donors (Lipinski definition) is 0. The lowest BCUT2D eigenvalue weighted by molar-refractivity contribution is -0.659. The van der Waals surface area contributed by atoms with Gasteiger partial charge >= 0.3 is 0 Å². The molecule has 180 valence electrons. The SMILES string of the molecule is Cc1cc(-c2c(C)cccc2C)ccc1-c1c2ccc([Si](C)(C)C3CCCCC3)cc2cc[n+]1C. The molecule has 0 amide bonds. The molecular formula is C33H40NSi+. The van der Waals surface area contributed by atoms with Crippen LogP contribution in [0.2, 0.25) is 18.6 Å². The van der Waals surface area contributed by atoms with Crippen LogP contribution in [0.4, 0.5) is 0 Å². The van der Waals surface area contributed by atoms with Crippen molar-refractivity contribution in [2.24, 2.45) is 7.05 Å². The normalized spacial score (nSPS) is 15.0. The summed E-state index contributed by atoms with van der Waals surface area (Å²) in [6.45, 7) is 11.9. The van der Waals surface area contributed by atoms with Gasteiger partial charge in [-0.3, -0.25) is 0 Å². The second kappa shape index (κ2) is 9.39. The minimum absolute atomic E-state index is 0.924. The Morgan fingerprint density at radius 1 is 0.771 bits per heavy atom. The Bertz CT molecular complexity index is 1370. The molecule has 0 radical (unpaired) electrons. The Hall–Kier alpha value is -2.71. The zero-order chi connectivity index (χ0) is 24.7. The standard InChI is InChI=1S/C33H40NSi/c1-23-11-10-12-24(2)32(23)27-15-17-30(25(3)21-27)33-31-18-16-29(22-26(31)19-20-34(33)4)35(5,6)28-13-8-7-9-14-28/h10-12,15-22,28H,7-9,13-14H2,1-6H3/q+1. The van der Waals surface area contributed by atoms with Gasteiger partial charge in [-0.25, -0.2) is 4.57 Å². The molecule has 1 saturated carbocycles. The minimum Gasteiger partial charge on any atom is -0.200 e. The van der Waals surface area contributed by atoms with Crippen LogP contribution in [-0.2, 0) is 7.05 Å². The first-order chi connectivity index (χ1) is 16.8. The van der Waals surface area contributed by atoms with E-state index < -0.39 is 8.07 Å². The summed E-state index contributed by atoms with van der Waals surface area (Å²) in [4.78, 5) is 0. The molecule has 0 aliphatic heterocycles. The van der Waals surface area contributed by atoms with Crippen molar-refractivity contribution in [3.63, 3.8) is 0 Å². The molecule has 1 fully saturated rings. The summed E-state index contributed by atoms with van der Waals surface area (Å²) >= 11 is 0. The van der Waals surface area contributed by atoms with Crippen molar-refractivity contribution in [3.05, 3.63) is 83.6 Å². The molecule has 0 bridgehead atoms. The fourth-order valence-electron chi connectivity index (χ4n) is 6.52. The molecule has 35 heavy (non-hydrogen) atoms. The second-order valence-electron chi connectivity index (χ2n) is 11.4. The van der Waals surface area contributed by atoms with E-state index in [2.05, 4.69) is 112 Å². The highest BCUT2D eigenvalue weighted by Crippen LogP contribution is 2.38. The molecule has 1 aliphatic rings. The predicted octanol–water partition coefficient (Wildman–Crippen LogP) is 8.17. The van der Waals surface area contributed by atoms with Crippen molar-refractivity contribution in [2.75, 3.05) is 0 Å². The summed E-state index contributed by atoms with van der Waals surface area (Å²) in [5.41, 5.74) is 10.2. The number of fused-ring (bicyclic) bond motifs is 1. The fourth-order valence-corrected chi connectivity index (χ4v) is 9.89. The van der Waals surface area contributed by atoms with Crippen LogP contribution in [0.1, 0.15) is 48.8 Å². The Balaban J connectivity index is 1.58. The topological polar surface area (TPSA) is 3.88 Å². The number of aryl methyl sites for hydroxylation is 4. The van der Waals surface area contributed by atoms with Crippen LogP contribution in [-0.4, -0.2) is 8.07 Å². The third kappa shape index (κ3) is 4.38. The van der Waals surface area contributed by atoms with Gasteiger partial charge in [0.1, 0.15) is 7.05 Å². The first kappa shape index (κ1) is 24.0. The lowest BCUT2D eigenvalue weighted by Crippen LogP contribution is -2.46. The predicted molar refractivity (Wildman–Crippen MR) is 154 cm³/mol. The molecule has 0 N–H and O–H groups in total. The fraction of sp³-hybridized carbons (Fsp3) is 0.364. The smallest absolute Gasteiger partial charge is 0.200 e. The van der Waals surface area contributed by atoms with E-state index in [1.807, 2.05) is 0 Å². The maximum absolute atomic E-state index is 2.60. The van der Waals surface area contributed by atoms with Crippen LogP contribution in [0.25, 0.3) is 33.2 Å². The summed E-state index contributed by atoms with van der Waals surface area (Å²) in [6.07, 6.45) is 9.38. The molecule has 1 aliphatic carbocycles. The van der Waals surface area contributed by atoms with Crippen LogP contribution < -0.4 is 9.75 Å². The highest BCUT2D eigenvalue weighted by Gasteiger charge is 2.34. The summed E-state index contributed by atoms with van der Waals surface area (Å²) in [5.74, 6) is 0. The van der Waals surface area contributed by atoms with Crippen molar-refractivity contribution in [2.45, 2.75) is 71.5 Å². The number of aromatic nitrogens is 1. The monoisotopic (exact) mass is 478 g/mol. The van der Waals surface area contributed by atoms with Gasteiger partial charge in [-0.2, -0.15) is 0 Å².